The van der Waals surface area contributed by atoms with Gasteiger partial charge in [0.2, 0.25) is 31.9 Å². The molecule has 436 valence electrons. The predicted octanol–water partition coefficient (Wildman–Crippen LogP) is 6.93. The maximum absolute atomic E-state index is 14.1. The molecule has 4 heterocycles. The second kappa shape index (κ2) is 26.3. The third kappa shape index (κ3) is 14.0. The van der Waals surface area contributed by atoms with E-state index >= 15 is 0 Å². The van der Waals surface area contributed by atoms with E-state index in [2.05, 4.69) is 81.3 Å². The molecule has 2 fully saturated rings. The Labute approximate surface area is 488 Å². The van der Waals surface area contributed by atoms with Crippen LogP contribution in [0, 0.1) is 0 Å². The molecule has 6 aromatic rings. The highest BCUT2D eigenvalue weighted by molar-refractivity contribution is 7.98. The molecule has 12 rings (SSSR count). The van der Waals surface area contributed by atoms with Crippen LogP contribution in [0.25, 0.3) is 44.8 Å². The number of alkyl carbamates (subject to hydrolysis) is 2. The highest BCUT2D eigenvalue weighted by Gasteiger charge is 2.41. The average Bonchev–Trinajstić information content (AvgIpc) is 4.33. The van der Waals surface area contributed by atoms with Crippen LogP contribution in [-0.4, -0.2) is 181 Å². The lowest BCUT2D eigenvalue weighted by molar-refractivity contribution is -0.138. The third-order valence-corrected chi connectivity index (χ3v) is 19.3. The van der Waals surface area contributed by atoms with Gasteiger partial charge in [-0.2, -0.15) is 32.1 Å². The average molecular weight is 1200 g/mol. The standard InChI is InChI=1S/C58H70N10O10S4/c1-77-57(71)63-47(23-29-79-3)55(69)67-27-25-65(81(5,73)74)35-51(67)53-59-33-49(61-53)43-19-15-41(16-20-43)45-31-37-7-11-39(45)13-9-38-8-12-40(14-10-37)46(32-38)42-17-21-44(22-18-42)50-34-60-54(62-50)52-36-66(82(6,75)76)26-28-68(52)56(70)48(24-30-80-4)64-58(72)78-2/h7-8,11-12,15-22,31-34,47-48,51-52H,9-10,13-14,23-30,35-36H2,1-6H3,(H,59,61)(H,60,62)(H,63,71)(H,64,72)/t47-,48-,51-,52-/m0/s1. The first-order valence-electron chi connectivity index (χ1n) is 27.1. The zero-order chi connectivity index (χ0) is 58.3. The summed E-state index contributed by atoms with van der Waals surface area (Å²) in [5.41, 5.74) is 12.3. The van der Waals surface area contributed by atoms with Gasteiger partial charge in [0, 0.05) is 62.8 Å². The van der Waals surface area contributed by atoms with Crippen LogP contribution in [0.1, 0.15) is 58.8 Å². The summed E-state index contributed by atoms with van der Waals surface area (Å²) >= 11 is 3.09. The topological polar surface area (TPSA) is 249 Å². The molecule has 4 atom stereocenters. The number of rotatable bonds is 18. The van der Waals surface area contributed by atoms with Gasteiger partial charge in [-0.25, -0.2) is 36.4 Å². The molecular weight excluding hydrogens is 1120 g/mol. The van der Waals surface area contributed by atoms with Crippen LogP contribution in [-0.2, 0) is 64.8 Å². The largest absolute Gasteiger partial charge is 0.453 e. The van der Waals surface area contributed by atoms with E-state index in [1.54, 1.807) is 45.7 Å². The van der Waals surface area contributed by atoms with Gasteiger partial charge in [-0.3, -0.25) is 9.59 Å². The first-order valence-corrected chi connectivity index (χ1v) is 33.6. The Balaban J connectivity index is 0.905. The number of aromatic nitrogens is 4. The molecule has 2 aliphatic heterocycles. The SMILES string of the molecule is COC(=O)N[C@@H](CCSC)C(=O)N1CCN(S(C)(=O)=O)C[C@H]1c1nc(-c2ccc(-c3cc4ccc3CCc3ccc(c(-c5ccc(-c6c[nH]c([C@@H]7CN(S(C)(=O)=O)CCN7C(=O)[C@H](CCSC)NC(=O)OC)n6)cc5)c3)CC4)cc2)c[nH]1. The van der Waals surface area contributed by atoms with Gasteiger partial charge in [-0.1, -0.05) is 84.9 Å². The van der Waals surface area contributed by atoms with Crippen LogP contribution in [0.4, 0.5) is 9.59 Å². The smallest absolute Gasteiger partial charge is 0.407 e. The second-order valence-corrected chi connectivity index (χ2v) is 26.7. The molecular formula is C58H70N10O10S4. The summed E-state index contributed by atoms with van der Waals surface area (Å²) in [6.07, 6.45) is 12.2. The third-order valence-electron chi connectivity index (χ3n) is 15.5. The lowest BCUT2D eigenvalue weighted by Gasteiger charge is -2.40. The number of H-pyrrole nitrogens is 2. The number of carbonyl (C=O) groups is 4. The van der Waals surface area contributed by atoms with Gasteiger partial charge in [0.1, 0.15) is 35.8 Å². The summed E-state index contributed by atoms with van der Waals surface area (Å²) in [4.78, 5) is 72.4. The summed E-state index contributed by atoms with van der Waals surface area (Å²) in [6.45, 7) is 0.462. The van der Waals surface area contributed by atoms with Crippen molar-refractivity contribution in [2.75, 3.05) is 90.0 Å². The maximum Gasteiger partial charge on any atom is 0.407 e. The van der Waals surface area contributed by atoms with Crippen LogP contribution < -0.4 is 10.6 Å². The molecule has 24 heteroatoms. The Morgan fingerprint density at radius 3 is 1.30 bits per heavy atom. The van der Waals surface area contributed by atoms with E-state index in [1.807, 2.05) is 36.8 Å². The number of imidazole rings is 2. The van der Waals surface area contributed by atoms with Crippen molar-refractivity contribution in [1.82, 2.24) is 49.0 Å². The lowest BCUT2D eigenvalue weighted by atomic mass is 9.87. The van der Waals surface area contributed by atoms with Gasteiger partial charge in [0.15, 0.2) is 0 Å². The summed E-state index contributed by atoms with van der Waals surface area (Å²) in [5.74, 6) is 1.42. The fourth-order valence-electron chi connectivity index (χ4n) is 10.9. The molecule has 0 spiro atoms. The Hall–Kier alpha value is -6.70. The number of sulfonamides is 2. The van der Waals surface area contributed by atoms with Crippen LogP contribution >= 0.6 is 23.5 Å². The number of aromatic amines is 2. The molecule has 2 aromatic heterocycles. The summed E-state index contributed by atoms with van der Waals surface area (Å²) in [5, 5.41) is 5.34. The minimum absolute atomic E-state index is 0.00248. The van der Waals surface area contributed by atoms with E-state index < -0.39 is 56.4 Å². The van der Waals surface area contributed by atoms with E-state index in [9.17, 15) is 36.0 Å². The monoisotopic (exact) mass is 1190 g/mol. The van der Waals surface area contributed by atoms with E-state index in [0.29, 0.717) is 47.4 Å². The molecule has 0 unspecified atom stereocenters. The highest BCUT2D eigenvalue weighted by Crippen LogP contribution is 2.36. The van der Waals surface area contributed by atoms with Crippen molar-refractivity contribution in [2.45, 2.75) is 62.7 Å². The number of methoxy groups -OCH3 is 2. The van der Waals surface area contributed by atoms with Gasteiger partial charge >= 0.3 is 12.2 Å². The number of thioether (sulfide) groups is 2. The molecule has 4 aliphatic carbocycles. The van der Waals surface area contributed by atoms with Gasteiger partial charge in [-0.05, 0) is 107 Å². The van der Waals surface area contributed by atoms with Crippen molar-refractivity contribution < 1.29 is 45.5 Å². The number of amides is 4. The van der Waals surface area contributed by atoms with Crippen molar-refractivity contribution in [3.05, 3.63) is 131 Å². The molecule has 20 nitrogen and oxygen atoms in total. The number of nitrogens with zero attached hydrogens (tertiary/aromatic N) is 6. The van der Waals surface area contributed by atoms with Gasteiger partial charge < -0.3 is 39.9 Å². The normalized spacial score (nSPS) is 17.8. The predicted molar refractivity (Wildman–Crippen MR) is 320 cm³/mol. The molecule has 4 aromatic carbocycles. The van der Waals surface area contributed by atoms with E-state index in [1.165, 1.54) is 45.1 Å². The van der Waals surface area contributed by atoms with Crippen molar-refractivity contribution in [3.8, 4) is 44.8 Å². The number of ether oxygens (including phenoxy) is 2. The quantitative estimate of drug-likeness (QED) is 0.0682. The molecule has 6 aliphatic rings. The van der Waals surface area contributed by atoms with Gasteiger partial charge in [0.05, 0.1) is 38.1 Å². The molecule has 82 heavy (non-hydrogen) atoms. The fourth-order valence-corrected chi connectivity index (χ4v) is 13.5. The van der Waals surface area contributed by atoms with Crippen LogP contribution in [0.15, 0.2) is 97.3 Å². The molecule has 2 saturated heterocycles. The van der Waals surface area contributed by atoms with Crippen LogP contribution in [0.2, 0.25) is 0 Å². The zero-order valence-corrected chi connectivity index (χ0v) is 50.1. The second-order valence-electron chi connectivity index (χ2n) is 20.8. The molecule has 4 bridgehead atoms. The Bertz CT molecular complexity index is 3270. The number of hydrogen-bond donors (Lipinski definition) is 4. The zero-order valence-electron chi connectivity index (χ0n) is 46.8. The highest BCUT2D eigenvalue weighted by atomic mass is 32.2. The van der Waals surface area contributed by atoms with Crippen LogP contribution in [0.5, 0.6) is 0 Å². The van der Waals surface area contributed by atoms with Crippen molar-refractivity contribution in [2.24, 2.45) is 0 Å². The molecule has 4 N–H and O–H groups in total. The van der Waals surface area contributed by atoms with Gasteiger partial charge in [0.25, 0.3) is 0 Å². The number of aryl methyl sites for hydroxylation is 4. The fraction of sp³-hybridized carbons (Fsp3) is 0.414. The van der Waals surface area contributed by atoms with E-state index in [0.717, 1.165) is 71.6 Å². The number of piperazine rings is 2. The summed E-state index contributed by atoms with van der Waals surface area (Å²) in [7, 11) is -4.68. The summed E-state index contributed by atoms with van der Waals surface area (Å²) < 4.78 is 63.5. The number of carbonyl (C=O) groups excluding carboxylic acids is 4. The Morgan fingerprint density at radius 2 is 0.951 bits per heavy atom. The lowest BCUT2D eigenvalue weighted by Crippen LogP contribution is -2.57. The number of benzene rings is 4. The van der Waals surface area contributed by atoms with Crippen molar-refractivity contribution in [1.29, 1.82) is 0 Å². The summed E-state index contributed by atoms with van der Waals surface area (Å²) in [6, 6.07) is 26.8. The van der Waals surface area contributed by atoms with E-state index in [-0.39, 0.29) is 51.1 Å². The Kier molecular flexibility index (Phi) is 19.2. The number of hydrogen-bond acceptors (Lipinski definition) is 14. The van der Waals surface area contributed by atoms with Crippen molar-refractivity contribution >= 4 is 67.6 Å². The van der Waals surface area contributed by atoms with Gasteiger partial charge in [-0.15, -0.1) is 0 Å². The first-order chi connectivity index (χ1) is 39.3. The minimum Gasteiger partial charge on any atom is -0.453 e. The minimum atomic E-state index is -3.58. The van der Waals surface area contributed by atoms with Crippen LogP contribution in [0.3, 0.4) is 0 Å². The maximum atomic E-state index is 14.1. The Morgan fingerprint density at radius 1 is 0.573 bits per heavy atom. The molecule has 0 saturated carbocycles. The van der Waals surface area contributed by atoms with E-state index in [4.69, 9.17) is 19.4 Å². The molecule has 4 amide bonds. The first kappa shape index (κ1) is 59.9. The molecule has 0 radical (unpaired) electrons. The number of nitrogens with one attached hydrogen (secondary N) is 4. The van der Waals surface area contributed by atoms with Crippen molar-refractivity contribution in [3.63, 3.8) is 0 Å².